The van der Waals surface area contributed by atoms with E-state index in [9.17, 15) is 4.79 Å². The van der Waals surface area contributed by atoms with Gasteiger partial charge in [-0.2, -0.15) is 5.48 Å². The number of hydrogen-bond acceptors (Lipinski definition) is 7. The molecule has 0 heterocycles. The molecule has 1 aromatic rings. The minimum Gasteiger partial charge on any atom is -0.493 e. The molecule has 4 N–H and O–H groups in total. The number of nitrogens with one attached hydrogen (secondary N) is 2. The number of allylic oxidation sites excluding steroid dienone is 2. The van der Waals surface area contributed by atoms with Crippen molar-refractivity contribution in [3.8, 4) is 11.5 Å². The highest BCUT2D eigenvalue weighted by Gasteiger charge is 2.12. The zero-order chi connectivity index (χ0) is 21.6. The molecule has 0 fully saturated rings. The van der Waals surface area contributed by atoms with Gasteiger partial charge in [-0.05, 0) is 49.8 Å². The van der Waals surface area contributed by atoms with Crippen molar-refractivity contribution in [2.45, 2.75) is 59.2 Å². The van der Waals surface area contributed by atoms with E-state index in [2.05, 4.69) is 41.4 Å². The van der Waals surface area contributed by atoms with Gasteiger partial charge in [-0.3, -0.25) is 4.79 Å². The third-order valence-corrected chi connectivity index (χ3v) is 4.14. The summed E-state index contributed by atoms with van der Waals surface area (Å²) < 4.78 is 15.4. The summed E-state index contributed by atoms with van der Waals surface area (Å²) >= 11 is 0. The first-order chi connectivity index (χ1) is 13.8. The maximum Gasteiger partial charge on any atom is 0.345 e. The molecule has 8 nitrogen and oxygen atoms in total. The van der Waals surface area contributed by atoms with E-state index < -0.39 is 14.8 Å². The summed E-state index contributed by atoms with van der Waals surface area (Å²) in [4.78, 5) is 29.5. The van der Waals surface area contributed by atoms with Crippen molar-refractivity contribution in [1.82, 2.24) is 10.8 Å². The molecule has 0 radical (unpaired) electrons. The Hall–Kier alpha value is -1.70. The third-order valence-electron chi connectivity index (χ3n) is 3.87. The molecule has 29 heavy (non-hydrogen) atoms. The number of carbonyl (C=O) groups is 1. The quantitative estimate of drug-likeness (QED) is 0.118. The maximum absolute atomic E-state index is 12.0. The first-order valence-electron chi connectivity index (χ1n) is 9.69. The van der Waals surface area contributed by atoms with Gasteiger partial charge in [0.1, 0.15) is 0 Å². The fourth-order valence-corrected chi connectivity index (χ4v) is 2.70. The molecule has 9 heteroatoms. The van der Waals surface area contributed by atoms with Crippen LogP contribution in [0.1, 0.15) is 52.0 Å². The number of unbranched alkanes of at least 4 members (excludes halogenated alkanes) is 2. The van der Waals surface area contributed by atoms with Crippen molar-refractivity contribution in [3.05, 3.63) is 35.9 Å². The Balaban J connectivity index is 2.41. The van der Waals surface area contributed by atoms with E-state index in [4.69, 9.17) is 19.3 Å². The zero-order valence-corrected chi connectivity index (χ0v) is 18.4. The Morgan fingerprint density at radius 3 is 2.62 bits per heavy atom. The van der Waals surface area contributed by atoms with Crippen molar-refractivity contribution < 1.29 is 28.7 Å². The SMILES string of the molecule is COc1cc(CNC(=O)CCCC/C=C/C(C)C)ccc1OC(C)NOP(O)O. The summed E-state index contributed by atoms with van der Waals surface area (Å²) in [5, 5.41) is 2.91. The van der Waals surface area contributed by atoms with Crippen LogP contribution in [0.2, 0.25) is 0 Å². The topological polar surface area (TPSA) is 109 Å². The van der Waals surface area contributed by atoms with Gasteiger partial charge >= 0.3 is 8.60 Å². The van der Waals surface area contributed by atoms with Crippen molar-refractivity contribution in [1.29, 1.82) is 0 Å². The van der Waals surface area contributed by atoms with E-state index in [1.807, 2.05) is 6.07 Å². The Bertz CT molecular complexity index is 639. The van der Waals surface area contributed by atoms with E-state index >= 15 is 0 Å². The molecule has 1 atom stereocenters. The second kappa shape index (κ2) is 14.3. The highest BCUT2D eigenvalue weighted by atomic mass is 31.2. The normalized spacial score (nSPS) is 12.6. The third kappa shape index (κ3) is 11.8. The highest BCUT2D eigenvalue weighted by Crippen LogP contribution is 2.29. The van der Waals surface area contributed by atoms with E-state index in [0.29, 0.717) is 30.4 Å². The van der Waals surface area contributed by atoms with Crippen LogP contribution >= 0.6 is 8.60 Å². The summed E-state index contributed by atoms with van der Waals surface area (Å²) in [5.41, 5.74) is 3.25. The van der Waals surface area contributed by atoms with Crippen molar-refractivity contribution in [2.75, 3.05) is 7.11 Å². The van der Waals surface area contributed by atoms with Gasteiger partial charge in [-0.1, -0.05) is 32.1 Å². The summed E-state index contributed by atoms with van der Waals surface area (Å²) in [6.45, 7) is 6.34. The van der Waals surface area contributed by atoms with Crippen LogP contribution in [0, 0.1) is 5.92 Å². The molecular formula is C20H33N2O6P. The van der Waals surface area contributed by atoms with E-state index in [0.717, 1.165) is 24.8 Å². The van der Waals surface area contributed by atoms with Gasteiger partial charge in [0.15, 0.2) is 17.7 Å². The minimum atomic E-state index is -2.51. The molecule has 1 amide bonds. The summed E-state index contributed by atoms with van der Waals surface area (Å²) in [6, 6.07) is 5.33. The molecule has 0 saturated carbocycles. The minimum absolute atomic E-state index is 0.0246. The lowest BCUT2D eigenvalue weighted by atomic mass is 10.1. The Kier molecular flexibility index (Phi) is 12.5. The van der Waals surface area contributed by atoms with E-state index in [1.54, 1.807) is 19.1 Å². The molecule has 0 spiro atoms. The second-order valence-corrected chi connectivity index (χ2v) is 7.59. The van der Waals surface area contributed by atoms with Gasteiger partial charge in [0.2, 0.25) is 5.91 Å². The molecule has 1 rings (SSSR count). The van der Waals surface area contributed by atoms with Crippen LogP contribution in [0.25, 0.3) is 0 Å². The fraction of sp³-hybridized carbons (Fsp3) is 0.550. The average molecular weight is 428 g/mol. The number of hydroxylamine groups is 1. The molecule has 0 aliphatic heterocycles. The first kappa shape index (κ1) is 25.3. The van der Waals surface area contributed by atoms with Crippen LogP contribution in [0.15, 0.2) is 30.4 Å². The highest BCUT2D eigenvalue weighted by molar-refractivity contribution is 7.39. The molecule has 0 bridgehead atoms. The average Bonchev–Trinajstić information content (AvgIpc) is 2.67. The van der Waals surface area contributed by atoms with Gasteiger partial charge in [-0.25, -0.2) is 4.62 Å². The Morgan fingerprint density at radius 1 is 1.21 bits per heavy atom. The molecule has 1 aromatic carbocycles. The number of ether oxygens (including phenoxy) is 2. The van der Waals surface area contributed by atoms with Crippen LogP contribution < -0.4 is 20.3 Å². The number of methoxy groups -OCH3 is 1. The summed E-state index contributed by atoms with van der Waals surface area (Å²) in [7, 11) is -0.991. The number of benzene rings is 1. The number of carbonyl (C=O) groups excluding carboxylic acids is 1. The summed E-state index contributed by atoms with van der Waals surface area (Å²) in [6.07, 6.45) is 7.10. The van der Waals surface area contributed by atoms with Gasteiger partial charge in [-0.15, -0.1) is 0 Å². The molecule has 0 aliphatic rings. The lowest BCUT2D eigenvalue weighted by Crippen LogP contribution is -2.30. The lowest BCUT2D eigenvalue weighted by Gasteiger charge is -2.18. The van der Waals surface area contributed by atoms with Crippen LogP contribution in [0.4, 0.5) is 0 Å². The molecular weight excluding hydrogens is 395 g/mol. The smallest absolute Gasteiger partial charge is 0.345 e. The first-order valence-corrected chi connectivity index (χ1v) is 10.9. The molecule has 1 unspecified atom stereocenters. The fourth-order valence-electron chi connectivity index (χ4n) is 2.46. The Labute approximate surface area is 174 Å². The van der Waals surface area contributed by atoms with Gasteiger partial charge in [0.25, 0.3) is 0 Å². The molecule has 0 aliphatic carbocycles. The van der Waals surface area contributed by atoms with Crippen molar-refractivity contribution >= 4 is 14.5 Å². The molecule has 164 valence electrons. The second-order valence-electron chi connectivity index (χ2n) is 6.90. The monoisotopic (exact) mass is 428 g/mol. The van der Waals surface area contributed by atoms with Crippen LogP contribution in [0.3, 0.4) is 0 Å². The number of rotatable bonds is 14. The van der Waals surface area contributed by atoms with Crippen molar-refractivity contribution in [3.63, 3.8) is 0 Å². The predicted octanol–water partition coefficient (Wildman–Crippen LogP) is 3.54. The van der Waals surface area contributed by atoms with Crippen LogP contribution in [-0.2, 0) is 16.0 Å². The molecule has 0 saturated heterocycles. The Morgan fingerprint density at radius 2 is 1.97 bits per heavy atom. The molecule has 0 aromatic heterocycles. The standard InChI is InChI=1S/C20H33N2O6P/c1-15(2)9-7-5-6-8-10-20(23)21-14-17-11-12-18(19(13-17)26-4)27-16(3)22-28-29(24)25/h7,9,11-13,15-16,22,24-25H,5-6,8,10,14H2,1-4H3,(H,21,23)/b9-7+. The maximum atomic E-state index is 12.0. The predicted molar refractivity (Wildman–Crippen MR) is 113 cm³/mol. The van der Waals surface area contributed by atoms with E-state index in [-0.39, 0.29) is 5.91 Å². The van der Waals surface area contributed by atoms with E-state index in [1.165, 1.54) is 7.11 Å². The van der Waals surface area contributed by atoms with Crippen LogP contribution in [0.5, 0.6) is 11.5 Å². The number of hydrogen-bond donors (Lipinski definition) is 4. The number of amides is 1. The van der Waals surface area contributed by atoms with Crippen LogP contribution in [-0.4, -0.2) is 29.0 Å². The van der Waals surface area contributed by atoms with Gasteiger partial charge < -0.3 is 24.6 Å². The lowest BCUT2D eigenvalue weighted by molar-refractivity contribution is -0.121. The van der Waals surface area contributed by atoms with Gasteiger partial charge in [0.05, 0.1) is 7.11 Å². The zero-order valence-electron chi connectivity index (χ0n) is 17.6. The largest absolute Gasteiger partial charge is 0.493 e. The van der Waals surface area contributed by atoms with Gasteiger partial charge in [0, 0.05) is 13.0 Å². The van der Waals surface area contributed by atoms with Crippen molar-refractivity contribution in [2.24, 2.45) is 5.92 Å². The summed E-state index contributed by atoms with van der Waals surface area (Å²) in [5.74, 6) is 1.55.